The smallest absolute Gasteiger partial charge is 0.244 e. The van der Waals surface area contributed by atoms with Gasteiger partial charge < -0.3 is 0 Å². The second kappa shape index (κ2) is 4.37. The molecule has 1 amide bonds. The van der Waals surface area contributed by atoms with Crippen molar-refractivity contribution >= 4 is 11.9 Å². The zero-order chi connectivity index (χ0) is 10.6. The lowest BCUT2D eigenvalue weighted by Gasteiger charge is -2.06. The Hall–Kier alpha value is -1.90. The van der Waals surface area contributed by atoms with Crippen LogP contribution in [0.2, 0.25) is 0 Å². The standard InChI is InChI=1S/C8H11N5O/c1-3-6(4-9)7(14)12-8-10-5-11-13(8)2/h5-6H,3H2,1-2H3,(H,10,11,12,14). The second-order valence-corrected chi connectivity index (χ2v) is 2.79. The molecule has 0 saturated heterocycles. The van der Waals surface area contributed by atoms with E-state index in [1.54, 1.807) is 14.0 Å². The van der Waals surface area contributed by atoms with Crippen LogP contribution in [0.4, 0.5) is 5.95 Å². The summed E-state index contributed by atoms with van der Waals surface area (Å²) in [5, 5.41) is 14.9. The first-order valence-corrected chi connectivity index (χ1v) is 4.23. The van der Waals surface area contributed by atoms with E-state index in [9.17, 15) is 4.79 Å². The number of amides is 1. The molecule has 0 radical (unpaired) electrons. The highest BCUT2D eigenvalue weighted by atomic mass is 16.2. The molecule has 1 heterocycles. The van der Waals surface area contributed by atoms with Gasteiger partial charge in [-0.1, -0.05) is 6.92 Å². The molecule has 0 saturated carbocycles. The minimum atomic E-state index is -0.633. The number of carbonyl (C=O) groups excluding carboxylic acids is 1. The largest absolute Gasteiger partial charge is 0.294 e. The first kappa shape index (κ1) is 10.2. The van der Waals surface area contributed by atoms with Crippen molar-refractivity contribution in [3.63, 3.8) is 0 Å². The number of anilines is 1. The quantitative estimate of drug-likeness (QED) is 0.748. The fourth-order valence-electron chi connectivity index (χ4n) is 0.942. The number of nitrogens with one attached hydrogen (secondary N) is 1. The molecule has 1 aromatic rings. The Kier molecular flexibility index (Phi) is 3.18. The third-order valence-electron chi connectivity index (χ3n) is 1.83. The summed E-state index contributed by atoms with van der Waals surface area (Å²) in [6.07, 6.45) is 1.82. The van der Waals surface area contributed by atoms with Crippen LogP contribution >= 0.6 is 0 Å². The van der Waals surface area contributed by atoms with Gasteiger partial charge in [0.15, 0.2) is 0 Å². The van der Waals surface area contributed by atoms with E-state index in [0.717, 1.165) is 0 Å². The topological polar surface area (TPSA) is 83.6 Å². The molecule has 0 bridgehead atoms. The van der Waals surface area contributed by atoms with Gasteiger partial charge in [0.1, 0.15) is 12.2 Å². The van der Waals surface area contributed by atoms with Crippen molar-refractivity contribution in [2.24, 2.45) is 13.0 Å². The van der Waals surface area contributed by atoms with Gasteiger partial charge in [-0.15, -0.1) is 0 Å². The van der Waals surface area contributed by atoms with Crippen LogP contribution in [0.3, 0.4) is 0 Å². The van der Waals surface area contributed by atoms with Crippen molar-refractivity contribution in [2.75, 3.05) is 5.32 Å². The molecule has 0 spiro atoms. The van der Waals surface area contributed by atoms with Gasteiger partial charge in [-0.25, -0.2) is 4.68 Å². The molecule has 0 aromatic carbocycles. The number of aryl methyl sites for hydroxylation is 1. The highest BCUT2D eigenvalue weighted by Gasteiger charge is 2.16. The van der Waals surface area contributed by atoms with Crippen LogP contribution in [0.1, 0.15) is 13.3 Å². The van der Waals surface area contributed by atoms with E-state index in [2.05, 4.69) is 15.4 Å². The molecule has 1 rings (SSSR count). The van der Waals surface area contributed by atoms with E-state index in [4.69, 9.17) is 5.26 Å². The fourth-order valence-corrected chi connectivity index (χ4v) is 0.942. The van der Waals surface area contributed by atoms with Crippen molar-refractivity contribution in [2.45, 2.75) is 13.3 Å². The van der Waals surface area contributed by atoms with Gasteiger partial charge in [0, 0.05) is 7.05 Å². The number of carbonyl (C=O) groups is 1. The van der Waals surface area contributed by atoms with E-state index in [-0.39, 0.29) is 5.91 Å². The van der Waals surface area contributed by atoms with Crippen LogP contribution in [0, 0.1) is 17.2 Å². The summed E-state index contributed by atoms with van der Waals surface area (Å²) in [7, 11) is 1.66. The summed E-state index contributed by atoms with van der Waals surface area (Å²) in [6, 6.07) is 1.91. The monoisotopic (exact) mass is 193 g/mol. The summed E-state index contributed by atoms with van der Waals surface area (Å²) in [4.78, 5) is 15.2. The van der Waals surface area contributed by atoms with Crippen molar-refractivity contribution < 1.29 is 4.79 Å². The van der Waals surface area contributed by atoms with E-state index >= 15 is 0 Å². The van der Waals surface area contributed by atoms with E-state index in [1.165, 1.54) is 11.0 Å². The molecule has 1 unspecified atom stereocenters. The molecule has 6 heteroatoms. The summed E-state index contributed by atoms with van der Waals surface area (Å²) < 4.78 is 1.43. The van der Waals surface area contributed by atoms with Gasteiger partial charge >= 0.3 is 0 Å². The highest BCUT2D eigenvalue weighted by Crippen LogP contribution is 2.05. The molecule has 14 heavy (non-hydrogen) atoms. The minimum absolute atomic E-state index is 0.342. The predicted octanol–water partition coefficient (Wildman–Crippen LogP) is 0.303. The molecule has 1 atom stereocenters. The van der Waals surface area contributed by atoms with Gasteiger partial charge in [0.05, 0.1) is 6.07 Å². The van der Waals surface area contributed by atoms with E-state index in [1.807, 2.05) is 6.07 Å². The molecule has 74 valence electrons. The van der Waals surface area contributed by atoms with Gasteiger partial charge in [0.2, 0.25) is 11.9 Å². The first-order chi connectivity index (χ1) is 6.69. The van der Waals surface area contributed by atoms with Gasteiger partial charge in [-0.2, -0.15) is 15.3 Å². The molecular weight excluding hydrogens is 182 g/mol. The fraction of sp³-hybridized carbons (Fsp3) is 0.500. The molecule has 1 aromatic heterocycles. The zero-order valence-corrected chi connectivity index (χ0v) is 8.06. The second-order valence-electron chi connectivity index (χ2n) is 2.79. The average molecular weight is 193 g/mol. The SMILES string of the molecule is CCC(C#N)C(=O)Nc1ncnn1C. The number of hydrogen-bond donors (Lipinski definition) is 1. The predicted molar refractivity (Wildman–Crippen MR) is 49.0 cm³/mol. The Morgan fingerprint density at radius 2 is 2.57 bits per heavy atom. The Balaban J connectivity index is 2.67. The Morgan fingerprint density at radius 1 is 1.86 bits per heavy atom. The maximum absolute atomic E-state index is 11.4. The van der Waals surface area contributed by atoms with E-state index in [0.29, 0.717) is 12.4 Å². The molecule has 6 nitrogen and oxygen atoms in total. The summed E-state index contributed by atoms with van der Waals surface area (Å²) in [5.74, 6) is -0.624. The normalized spacial score (nSPS) is 11.8. The maximum atomic E-state index is 11.4. The summed E-state index contributed by atoms with van der Waals surface area (Å²) in [5.41, 5.74) is 0. The average Bonchev–Trinajstić information content (AvgIpc) is 2.54. The van der Waals surface area contributed by atoms with Crippen LogP contribution in [0.5, 0.6) is 0 Å². The Morgan fingerprint density at radius 3 is 3.00 bits per heavy atom. The van der Waals surface area contributed by atoms with Crippen LogP contribution in [0.25, 0.3) is 0 Å². The molecular formula is C8H11N5O. The zero-order valence-electron chi connectivity index (χ0n) is 8.06. The van der Waals surface area contributed by atoms with Crippen molar-refractivity contribution in [3.05, 3.63) is 6.33 Å². The number of nitrogens with zero attached hydrogens (tertiary/aromatic N) is 4. The maximum Gasteiger partial charge on any atom is 0.244 e. The lowest BCUT2D eigenvalue weighted by atomic mass is 10.1. The number of nitriles is 1. The van der Waals surface area contributed by atoms with E-state index < -0.39 is 5.92 Å². The van der Waals surface area contributed by atoms with Gasteiger partial charge in [-0.3, -0.25) is 10.1 Å². The minimum Gasteiger partial charge on any atom is -0.294 e. The molecule has 1 N–H and O–H groups in total. The van der Waals surface area contributed by atoms with Gasteiger partial charge in [-0.05, 0) is 6.42 Å². The third kappa shape index (κ3) is 2.07. The molecule has 0 fully saturated rings. The summed E-state index contributed by atoms with van der Waals surface area (Å²) in [6.45, 7) is 1.78. The van der Waals surface area contributed by atoms with Gasteiger partial charge in [0.25, 0.3) is 0 Å². The van der Waals surface area contributed by atoms with Crippen LogP contribution in [-0.2, 0) is 11.8 Å². The van der Waals surface area contributed by atoms with Crippen molar-refractivity contribution in [1.82, 2.24) is 14.8 Å². The van der Waals surface area contributed by atoms with Crippen LogP contribution in [-0.4, -0.2) is 20.7 Å². The lowest BCUT2D eigenvalue weighted by Crippen LogP contribution is -2.22. The Labute approximate surface area is 81.6 Å². The lowest BCUT2D eigenvalue weighted by molar-refractivity contribution is -0.118. The molecule has 0 aliphatic rings. The van der Waals surface area contributed by atoms with Crippen LogP contribution < -0.4 is 5.32 Å². The number of rotatable bonds is 3. The molecule has 0 aliphatic heterocycles. The van der Waals surface area contributed by atoms with Crippen molar-refractivity contribution in [3.8, 4) is 6.07 Å². The Bertz CT molecular complexity index is 364. The van der Waals surface area contributed by atoms with Crippen molar-refractivity contribution in [1.29, 1.82) is 5.26 Å². The number of hydrogen-bond acceptors (Lipinski definition) is 4. The first-order valence-electron chi connectivity index (χ1n) is 4.23. The number of aromatic nitrogens is 3. The third-order valence-corrected chi connectivity index (χ3v) is 1.83. The highest BCUT2D eigenvalue weighted by molar-refractivity contribution is 5.92. The molecule has 0 aliphatic carbocycles. The summed E-state index contributed by atoms with van der Waals surface area (Å²) >= 11 is 0. The van der Waals surface area contributed by atoms with Crippen LogP contribution in [0.15, 0.2) is 6.33 Å².